The molecule has 0 spiro atoms. The molecule has 0 aliphatic carbocycles. The Labute approximate surface area is 195 Å². The predicted octanol–water partition coefficient (Wildman–Crippen LogP) is 4.44. The highest BCUT2D eigenvalue weighted by atomic mass is 32.2. The van der Waals surface area contributed by atoms with Gasteiger partial charge >= 0.3 is 0 Å². The number of fused-ring (bicyclic) bond motifs is 1. The number of benzene rings is 3. The summed E-state index contributed by atoms with van der Waals surface area (Å²) in [5.41, 5.74) is 2.59. The lowest BCUT2D eigenvalue weighted by Gasteiger charge is -2.15. The van der Waals surface area contributed by atoms with E-state index in [0.29, 0.717) is 33.2 Å². The van der Waals surface area contributed by atoms with Gasteiger partial charge in [-0.25, -0.2) is 4.98 Å². The highest BCUT2D eigenvalue weighted by molar-refractivity contribution is 7.99. The fourth-order valence-electron chi connectivity index (χ4n) is 3.46. The molecule has 168 valence electrons. The van der Waals surface area contributed by atoms with Gasteiger partial charge in [0.25, 0.3) is 5.56 Å². The molecular weight excluding hydrogens is 438 g/mol. The molecule has 4 rings (SSSR count). The maximum atomic E-state index is 13.4. The van der Waals surface area contributed by atoms with Gasteiger partial charge in [0.15, 0.2) is 5.16 Å². The van der Waals surface area contributed by atoms with Gasteiger partial charge in [-0.2, -0.15) is 0 Å². The number of nitrogens with zero attached hydrogens (tertiary/aromatic N) is 2. The lowest BCUT2D eigenvalue weighted by atomic mass is 10.2. The van der Waals surface area contributed by atoms with Crippen molar-refractivity contribution in [3.63, 3.8) is 0 Å². The van der Waals surface area contributed by atoms with Crippen molar-refractivity contribution < 1.29 is 14.3 Å². The van der Waals surface area contributed by atoms with E-state index in [1.807, 2.05) is 43.3 Å². The number of carbonyl (C=O) groups excluding carboxylic acids is 1. The number of carbonyl (C=O) groups is 1. The topological polar surface area (TPSA) is 82.5 Å². The first kappa shape index (κ1) is 22.4. The summed E-state index contributed by atoms with van der Waals surface area (Å²) in [4.78, 5) is 30.8. The molecular formula is C25H23N3O4S. The molecule has 0 radical (unpaired) electrons. The first-order valence-corrected chi connectivity index (χ1v) is 11.2. The number of nitrogens with one attached hydrogen (secondary N) is 1. The quantitative estimate of drug-likeness (QED) is 0.324. The number of rotatable bonds is 7. The minimum atomic E-state index is -0.259. The standard InChI is InChI=1S/C25H23N3O4S/c1-16-8-4-7-11-21(16)28-24(30)18-9-5-6-10-19(18)27-25(28)33-15-23(29)26-20-14-17(31-2)12-13-22(20)32-3/h4-14H,15H2,1-3H3,(H,26,29). The second-order valence-electron chi connectivity index (χ2n) is 7.24. The molecule has 0 fully saturated rings. The van der Waals surface area contributed by atoms with E-state index in [0.717, 1.165) is 11.3 Å². The van der Waals surface area contributed by atoms with E-state index in [-0.39, 0.29) is 17.2 Å². The molecule has 1 heterocycles. The van der Waals surface area contributed by atoms with Crippen molar-refractivity contribution in [2.24, 2.45) is 0 Å². The van der Waals surface area contributed by atoms with E-state index in [1.54, 1.807) is 42.0 Å². The van der Waals surface area contributed by atoms with Gasteiger partial charge in [-0.3, -0.25) is 14.2 Å². The fourth-order valence-corrected chi connectivity index (χ4v) is 4.27. The van der Waals surface area contributed by atoms with Crippen molar-refractivity contribution in [2.45, 2.75) is 12.1 Å². The molecule has 0 unspecified atom stereocenters. The molecule has 7 nitrogen and oxygen atoms in total. The van der Waals surface area contributed by atoms with E-state index >= 15 is 0 Å². The van der Waals surface area contributed by atoms with Crippen molar-refractivity contribution in [3.05, 3.63) is 82.6 Å². The average molecular weight is 462 g/mol. The van der Waals surface area contributed by atoms with Crippen molar-refractivity contribution in [1.82, 2.24) is 9.55 Å². The number of thioether (sulfide) groups is 1. The largest absolute Gasteiger partial charge is 0.497 e. The third kappa shape index (κ3) is 4.70. The zero-order valence-electron chi connectivity index (χ0n) is 18.5. The Bertz CT molecular complexity index is 1380. The van der Waals surface area contributed by atoms with E-state index in [4.69, 9.17) is 14.5 Å². The monoisotopic (exact) mass is 461 g/mol. The Balaban J connectivity index is 1.67. The summed E-state index contributed by atoms with van der Waals surface area (Å²) >= 11 is 1.20. The number of aromatic nitrogens is 2. The predicted molar refractivity (Wildman–Crippen MR) is 131 cm³/mol. The molecule has 1 N–H and O–H groups in total. The Morgan fingerprint density at radius 2 is 1.79 bits per heavy atom. The zero-order chi connectivity index (χ0) is 23.4. The van der Waals surface area contributed by atoms with Crippen molar-refractivity contribution in [2.75, 3.05) is 25.3 Å². The van der Waals surface area contributed by atoms with Gasteiger partial charge in [0.1, 0.15) is 11.5 Å². The third-order valence-electron chi connectivity index (χ3n) is 5.11. The second kappa shape index (κ2) is 9.79. The van der Waals surface area contributed by atoms with Crippen LogP contribution in [-0.2, 0) is 4.79 Å². The van der Waals surface area contributed by atoms with Gasteiger partial charge in [0, 0.05) is 6.07 Å². The molecule has 1 aromatic heterocycles. The Kier molecular flexibility index (Phi) is 6.65. The number of methoxy groups -OCH3 is 2. The van der Waals surface area contributed by atoms with Crippen LogP contribution in [0, 0.1) is 6.92 Å². The van der Waals surface area contributed by atoms with E-state index < -0.39 is 0 Å². The first-order chi connectivity index (χ1) is 16.0. The number of amides is 1. The number of para-hydroxylation sites is 2. The number of anilines is 1. The van der Waals surface area contributed by atoms with Crippen LogP contribution in [0.4, 0.5) is 5.69 Å². The Morgan fingerprint density at radius 3 is 2.55 bits per heavy atom. The molecule has 33 heavy (non-hydrogen) atoms. The maximum Gasteiger partial charge on any atom is 0.266 e. The Morgan fingerprint density at radius 1 is 1.03 bits per heavy atom. The minimum Gasteiger partial charge on any atom is -0.497 e. The van der Waals surface area contributed by atoms with Crippen LogP contribution in [0.15, 0.2) is 76.7 Å². The molecule has 0 saturated carbocycles. The van der Waals surface area contributed by atoms with Crippen molar-refractivity contribution in [3.8, 4) is 17.2 Å². The minimum absolute atomic E-state index is 0.0526. The van der Waals surface area contributed by atoms with Crippen LogP contribution >= 0.6 is 11.8 Å². The number of hydrogen-bond donors (Lipinski definition) is 1. The Hall–Kier alpha value is -3.78. The highest BCUT2D eigenvalue weighted by Gasteiger charge is 2.17. The van der Waals surface area contributed by atoms with Crippen molar-refractivity contribution in [1.29, 1.82) is 0 Å². The lowest BCUT2D eigenvalue weighted by molar-refractivity contribution is -0.113. The molecule has 0 aliphatic heterocycles. The van der Waals surface area contributed by atoms with Crippen LogP contribution in [0.1, 0.15) is 5.56 Å². The van der Waals surface area contributed by atoms with Gasteiger partial charge in [-0.05, 0) is 42.8 Å². The second-order valence-corrected chi connectivity index (χ2v) is 8.18. The van der Waals surface area contributed by atoms with Gasteiger partial charge in [0.05, 0.1) is 42.3 Å². The molecule has 0 aliphatic rings. The van der Waals surface area contributed by atoms with Crippen LogP contribution < -0.4 is 20.3 Å². The summed E-state index contributed by atoms with van der Waals surface area (Å²) in [5, 5.41) is 3.82. The first-order valence-electron chi connectivity index (χ1n) is 10.2. The van der Waals surface area contributed by atoms with Crippen LogP contribution in [0.5, 0.6) is 11.5 Å². The van der Waals surface area contributed by atoms with E-state index in [1.165, 1.54) is 18.9 Å². The van der Waals surface area contributed by atoms with Gasteiger partial charge in [0.2, 0.25) is 5.91 Å². The molecule has 4 aromatic rings. The number of aryl methyl sites for hydroxylation is 1. The molecule has 0 saturated heterocycles. The fraction of sp³-hybridized carbons (Fsp3) is 0.160. The summed E-state index contributed by atoms with van der Waals surface area (Å²) in [6.07, 6.45) is 0. The summed E-state index contributed by atoms with van der Waals surface area (Å²) < 4.78 is 12.1. The van der Waals surface area contributed by atoms with Crippen LogP contribution in [0.3, 0.4) is 0 Å². The van der Waals surface area contributed by atoms with Gasteiger partial charge in [-0.1, -0.05) is 42.1 Å². The average Bonchev–Trinajstić information content (AvgIpc) is 2.83. The normalized spacial score (nSPS) is 10.8. The smallest absolute Gasteiger partial charge is 0.266 e. The van der Waals surface area contributed by atoms with E-state index in [9.17, 15) is 9.59 Å². The maximum absolute atomic E-state index is 13.4. The number of hydrogen-bond acceptors (Lipinski definition) is 6. The molecule has 3 aromatic carbocycles. The summed E-state index contributed by atoms with van der Waals surface area (Å²) in [6.45, 7) is 1.94. The molecule has 0 atom stereocenters. The summed E-state index contributed by atoms with van der Waals surface area (Å²) in [6, 6.07) is 20.0. The highest BCUT2D eigenvalue weighted by Crippen LogP contribution is 2.29. The zero-order valence-corrected chi connectivity index (χ0v) is 19.3. The SMILES string of the molecule is COc1ccc(OC)c(NC(=O)CSc2nc3ccccc3c(=O)n2-c2ccccc2C)c1. The summed E-state index contributed by atoms with van der Waals surface area (Å²) in [5.74, 6) is 0.917. The molecule has 8 heteroatoms. The molecule has 0 bridgehead atoms. The van der Waals surface area contributed by atoms with Crippen LogP contribution in [0.2, 0.25) is 0 Å². The molecule has 1 amide bonds. The van der Waals surface area contributed by atoms with Crippen LogP contribution in [-0.4, -0.2) is 35.4 Å². The summed E-state index contributed by atoms with van der Waals surface area (Å²) in [7, 11) is 3.09. The third-order valence-corrected chi connectivity index (χ3v) is 6.05. The van der Waals surface area contributed by atoms with Gasteiger partial charge < -0.3 is 14.8 Å². The van der Waals surface area contributed by atoms with Gasteiger partial charge in [-0.15, -0.1) is 0 Å². The number of ether oxygens (including phenoxy) is 2. The van der Waals surface area contributed by atoms with Crippen molar-refractivity contribution >= 4 is 34.3 Å². The van der Waals surface area contributed by atoms with E-state index in [2.05, 4.69) is 5.32 Å². The van der Waals surface area contributed by atoms with Crippen LogP contribution in [0.25, 0.3) is 16.6 Å². The lowest BCUT2D eigenvalue weighted by Crippen LogP contribution is -2.23.